The van der Waals surface area contributed by atoms with Crippen LogP contribution in [0.1, 0.15) is 49.7 Å². The summed E-state index contributed by atoms with van der Waals surface area (Å²) >= 11 is 0. The molecule has 27 heavy (non-hydrogen) atoms. The summed E-state index contributed by atoms with van der Waals surface area (Å²) < 4.78 is 11.2. The number of aryl methyl sites for hydroxylation is 1. The van der Waals surface area contributed by atoms with Crippen LogP contribution in [-0.2, 0) is 13.0 Å². The van der Waals surface area contributed by atoms with Crippen LogP contribution in [0.5, 0.6) is 5.75 Å². The van der Waals surface area contributed by atoms with Gasteiger partial charge in [-0.1, -0.05) is 12.1 Å². The molecule has 1 aromatic carbocycles. The number of rotatable bonds is 7. The Labute approximate surface area is 159 Å². The van der Waals surface area contributed by atoms with E-state index >= 15 is 0 Å². The lowest BCUT2D eigenvalue weighted by molar-refractivity contribution is 0.206. The summed E-state index contributed by atoms with van der Waals surface area (Å²) in [5.74, 6) is 1.87. The highest BCUT2D eigenvalue weighted by atomic mass is 16.5. The number of hydrogen-bond donors (Lipinski definition) is 1. The van der Waals surface area contributed by atoms with Gasteiger partial charge >= 0.3 is 0 Å². The van der Waals surface area contributed by atoms with Crippen LogP contribution in [0.3, 0.4) is 0 Å². The van der Waals surface area contributed by atoms with Crippen LogP contribution in [0.2, 0.25) is 0 Å². The van der Waals surface area contributed by atoms with E-state index in [9.17, 15) is 0 Å². The summed E-state index contributed by atoms with van der Waals surface area (Å²) in [4.78, 5) is 2.46. The maximum atomic E-state index is 5.61. The van der Waals surface area contributed by atoms with Gasteiger partial charge in [-0.25, -0.2) is 0 Å². The quantitative estimate of drug-likeness (QED) is 0.673. The van der Waals surface area contributed by atoms with Gasteiger partial charge in [-0.2, -0.15) is 5.10 Å². The maximum Gasteiger partial charge on any atom is 0.154 e. The minimum Gasteiger partial charge on any atom is -0.494 e. The predicted molar refractivity (Wildman–Crippen MR) is 103 cm³/mol. The molecule has 2 aromatic heterocycles. The Kier molecular flexibility index (Phi) is 5.25. The molecular weight excluding hydrogens is 340 g/mol. The molecule has 0 radical (unpaired) electrons. The molecule has 142 valence electrons. The lowest BCUT2D eigenvalue weighted by atomic mass is 10.1. The Balaban J connectivity index is 1.52. The number of benzene rings is 1. The molecule has 1 fully saturated rings. The number of nitrogens with zero attached hydrogens (tertiary/aromatic N) is 3. The monoisotopic (exact) mass is 366 g/mol. The second-order valence-electron chi connectivity index (χ2n) is 6.93. The van der Waals surface area contributed by atoms with Crippen molar-refractivity contribution in [2.45, 2.75) is 45.7 Å². The smallest absolute Gasteiger partial charge is 0.154 e. The van der Waals surface area contributed by atoms with Gasteiger partial charge in [-0.3, -0.25) is 10.00 Å². The molecule has 3 aromatic rings. The first-order valence-corrected chi connectivity index (χ1v) is 9.73. The minimum absolute atomic E-state index is 0.292. The summed E-state index contributed by atoms with van der Waals surface area (Å²) in [5, 5.41) is 11.6. The molecule has 0 aliphatic carbocycles. The zero-order valence-electron chi connectivity index (χ0n) is 15.9. The Morgan fingerprint density at radius 3 is 2.85 bits per heavy atom. The fourth-order valence-corrected chi connectivity index (χ4v) is 3.77. The Morgan fingerprint density at radius 2 is 2.11 bits per heavy atom. The van der Waals surface area contributed by atoms with Crippen molar-refractivity contribution in [3.05, 3.63) is 53.5 Å². The molecule has 3 heterocycles. The van der Waals surface area contributed by atoms with Crippen molar-refractivity contribution < 1.29 is 9.26 Å². The van der Waals surface area contributed by atoms with Crippen molar-refractivity contribution in [2.24, 2.45) is 0 Å². The molecule has 4 rings (SSSR count). The van der Waals surface area contributed by atoms with E-state index < -0.39 is 0 Å². The van der Waals surface area contributed by atoms with Crippen LogP contribution in [0.15, 0.2) is 41.1 Å². The van der Waals surface area contributed by atoms with E-state index in [0.29, 0.717) is 12.6 Å². The second-order valence-corrected chi connectivity index (χ2v) is 6.93. The third-order valence-electron chi connectivity index (χ3n) is 5.18. The Hall–Kier alpha value is -2.60. The molecule has 6 heteroatoms. The van der Waals surface area contributed by atoms with E-state index in [1.54, 1.807) is 0 Å². The van der Waals surface area contributed by atoms with Crippen molar-refractivity contribution in [2.75, 3.05) is 13.2 Å². The Bertz CT molecular complexity index is 868. The van der Waals surface area contributed by atoms with Gasteiger partial charge < -0.3 is 9.26 Å². The number of nitrogens with one attached hydrogen (secondary N) is 1. The van der Waals surface area contributed by atoms with E-state index in [4.69, 9.17) is 9.26 Å². The first-order chi connectivity index (χ1) is 13.3. The summed E-state index contributed by atoms with van der Waals surface area (Å²) in [6, 6.07) is 10.6. The fourth-order valence-electron chi connectivity index (χ4n) is 3.77. The minimum atomic E-state index is 0.292. The van der Waals surface area contributed by atoms with E-state index in [-0.39, 0.29) is 0 Å². The third kappa shape index (κ3) is 3.76. The summed E-state index contributed by atoms with van der Waals surface area (Å²) in [5.41, 5.74) is 4.40. The van der Waals surface area contributed by atoms with Gasteiger partial charge in [0.15, 0.2) is 5.76 Å². The largest absolute Gasteiger partial charge is 0.494 e. The van der Waals surface area contributed by atoms with Crippen LogP contribution in [0.4, 0.5) is 0 Å². The van der Waals surface area contributed by atoms with Crippen LogP contribution in [-0.4, -0.2) is 33.4 Å². The lowest BCUT2D eigenvalue weighted by Crippen LogP contribution is -2.22. The highest BCUT2D eigenvalue weighted by Gasteiger charge is 2.30. The predicted octanol–water partition coefficient (Wildman–Crippen LogP) is 4.36. The average molecular weight is 366 g/mol. The second kappa shape index (κ2) is 7.96. The van der Waals surface area contributed by atoms with Gasteiger partial charge in [0.2, 0.25) is 0 Å². The van der Waals surface area contributed by atoms with E-state index in [2.05, 4.69) is 45.4 Å². The van der Waals surface area contributed by atoms with Crippen LogP contribution in [0, 0.1) is 0 Å². The fraction of sp³-hybridized carbons (Fsp3) is 0.429. The molecule has 1 saturated heterocycles. The maximum absolute atomic E-state index is 5.61. The topological polar surface area (TPSA) is 67.2 Å². The standard InChI is InChI=1S/C21H26N4O2/c1-3-17-12-20(27-24-17)19-6-5-11-25(19)14-16-13-22-23-21(16)15-7-9-18(10-8-15)26-4-2/h7-10,12-13,19H,3-6,11,14H2,1-2H3,(H,22,23)/t19-/m0/s1. The SMILES string of the molecule is CCOc1ccc(-c2[nH]ncc2CN2CCC[C@H]2c2cc(CC)no2)cc1. The van der Waals surface area contributed by atoms with Crippen LogP contribution < -0.4 is 4.74 Å². The molecule has 0 amide bonds. The number of H-pyrrole nitrogens is 1. The zero-order chi connectivity index (χ0) is 18.6. The van der Waals surface area contributed by atoms with E-state index in [1.165, 1.54) is 12.0 Å². The molecule has 1 aliphatic rings. The van der Waals surface area contributed by atoms with Crippen molar-refractivity contribution in [3.8, 4) is 17.0 Å². The van der Waals surface area contributed by atoms with Gasteiger partial charge in [0.05, 0.1) is 30.2 Å². The van der Waals surface area contributed by atoms with Crippen molar-refractivity contribution in [3.63, 3.8) is 0 Å². The number of ether oxygens (including phenoxy) is 1. The molecular formula is C21H26N4O2. The van der Waals surface area contributed by atoms with Gasteiger partial charge in [0.1, 0.15) is 5.75 Å². The van der Waals surface area contributed by atoms with Crippen molar-refractivity contribution in [1.82, 2.24) is 20.3 Å². The molecule has 1 aliphatic heterocycles. The lowest BCUT2D eigenvalue weighted by Gasteiger charge is -2.22. The van der Waals surface area contributed by atoms with E-state index in [0.717, 1.165) is 54.4 Å². The molecule has 1 N–H and O–H groups in total. The zero-order valence-corrected chi connectivity index (χ0v) is 15.9. The van der Waals surface area contributed by atoms with Crippen LogP contribution >= 0.6 is 0 Å². The van der Waals surface area contributed by atoms with Gasteiger partial charge in [-0.15, -0.1) is 0 Å². The Morgan fingerprint density at radius 1 is 1.26 bits per heavy atom. The van der Waals surface area contributed by atoms with Gasteiger partial charge in [0.25, 0.3) is 0 Å². The number of aromatic amines is 1. The highest BCUT2D eigenvalue weighted by molar-refractivity contribution is 5.63. The highest BCUT2D eigenvalue weighted by Crippen LogP contribution is 2.35. The summed E-state index contributed by atoms with van der Waals surface area (Å²) in [7, 11) is 0. The summed E-state index contributed by atoms with van der Waals surface area (Å²) in [6.45, 7) is 6.66. The van der Waals surface area contributed by atoms with Gasteiger partial charge in [0, 0.05) is 23.7 Å². The van der Waals surface area contributed by atoms with Crippen molar-refractivity contribution >= 4 is 0 Å². The molecule has 0 saturated carbocycles. The molecule has 1 atom stereocenters. The number of likely N-dealkylation sites (tertiary alicyclic amines) is 1. The first kappa shape index (κ1) is 17.8. The molecule has 0 spiro atoms. The molecule has 0 unspecified atom stereocenters. The molecule has 6 nitrogen and oxygen atoms in total. The third-order valence-corrected chi connectivity index (χ3v) is 5.18. The number of aromatic nitrogens is 3. The summed E-state index contributed by atoms with van der Waals surface area (Å²) in [6.07, 6.45) is 5.11. The van der Waals surface area contributed by atoms with E-state index in [1.807, 2.05) is 25.3 Å². The average Bonchev–Trinajstić information content (AvgIpc) is 3.43. The van der Waals surface area contributed by atoms with Crippen LogP contribution in [0.25, 0.3) is 11.3 Å². The first-order valence-electron chi connectivity index (χ1n) is 9.73. The molecule has 0 bridgehead atoms. The van der Waals surface area contributed by atoms with Gasteiger partial charge in [-0.05, 0) is 57.0 Å². The number of hydrogen-bond acceptors (Lipinski definition) is 5. The normalized spacial score (nSPS) is 17.5. The van der Waals surface area contributed by atoms with Crippen molar-refractivity contribution in [1.29, 1.82) is 0 Å².